The van der Waals surface area contributed by atoms with Crippen LogP contribution in [-0.2, 0) is 16.0 Å². The van der Waals surface area contributed by atoms with Gasteiger partial charge >= 0.3 is 5.97 Å². The molecule has 0 aliphatic heterocycles. The monoisotopic (exact) mass is 189 g/mol. The number of hydrogen-bond donors (Lipinski definition) is 0. The van der Waals surface area contributed by atoms with Gasteiger partial charge in [0.2, 0.25) is 0 Å². The Kier molecular flexibility index (Phi) is 3.92. The maximum absolute atomic E-state index is 10.9. The van der Waals surface area contributed by atoms with Crippen molar-refractivity contribution in [2.75, 3.05) is 0 Å². The molecule has 1 radical (unpaired) electrons. The van der Waals surface area contributed by atoms with Gasteiger partial charge in [-0.05, 0) is 18.6 Å². The minimum Gasteiger partial charge on any atom is -0.459 e. The minimum atomic E-state index is -0.375. The lowest BCUT2D eigenvalue weighted by Gasteiger charge is -2.11. The Morgan fingerprint density at radius 3 is 2.86 bits per heavy atom. The smallest absolute Gasteiger partial charge is 0.330 e. The zero-order chi connectivity index (χ0) is 10.4. The Balaban J connectivity index is 2.45. The molecule has 0 N–H and O–H groups in total. The van der Waals surface area contributed by atoms with Gasteiger partial charge in [0.25, 0.3) is 0 Å². The lowest BCUT2D eigenvalue weighted by molar-refractivity contribution is -0.142. The van der Waals surface area contributed by atoms with E-state index < -0.39 is 0 Å². The van der Waals surface area contributed by atoms with Crippen molar-refractivity contribution >= 4 is 5.97 Å². The van der Waals surface area contributed by atoms with Crippen molar-refractivity contribution in [2.45, 2.75) is 19.4 Å². The predicted octanol–water partition coefficient (Wildman–Crippen LogP) is 2.15. The van der Waals surface area contributed by atoms with Gasteiger partial charge < -0.3 is 4.74 Å². The van der Waals surface area contributed by atoms with E-state index in [0.29, 0.717) is 6.42 Å². The minimum absolute atomic E-state index is 0.122. The summed E-state index contributed by atoms with van der Waals surface area (Å²) in [6.07, 6.45) is 1.77. The molecule has 0 heterocycles. The molecule has 0 bridgehead atoms. The normalized spacial score (nSPS) is 11.8. The molecule has 1 atom stereocenters. The fourth-order valence-corrected chi connectivity index (χ4v) is 1.18. The molecule has 2 nitrogen and oxygen atoms in total. The predicted molar refractivity (Wildman–Crippen MR) is 54.7 cm³/mol. The van der Waals surface area contributed by atoms with E-state index in [1.54, 1.807) is 0 Å². The molecular formula is C12H13O2. The molecule has 0 fully saturated rings. The van der Waals surface area contributed by atoms with Crippen molar-refractivity contribution < 1.29 is 9.53 Å². The van der Waals surface area contributed by atoms with Gasteiger partial charge in [0.05, 0.1) is 0 Å². The van der Waals surface area contributed by atoms with Gasteiger partial charge in [-0.3, -0.25) is 0 Å². The highest BCUT2D eigenvalue weighted by Gasteiger charge is 2.06. The van der Waals surface area contributed by atoms with Crippen molar-refractivity contribution in [3.05, 3.63) is 48.6 Å². The van der Waals surface area contributed by atoms with Gasteiger partial charge in [-0.15, -0.1) is 0 Å². The zero-order valence-corrected chi connectivity index (χ0v) is 8.19. The van der Waals surface area contributed by atoms with Crippen LogP contribution in [-0.4, -0.2) is 12.1 Å². The van der Waals surface area contributed by atoms with Crippen molar-refractivity contribution in [3.8, 4) is 0 Å². The molecule has 0 amide bonds. The molecule has 1 unspecified atom stereocenters. The van der Waals surface area contributed by atoms with E-state index in [-0.39, 0.29) is 12.1 Å². The third-order valence-corrected chi connectivity index (χ3v) is 1.79. The summed E-state index contributed by atoms with van der Waals surface area (Å²) < 4.78 is 5.04. The second kappa shape index (κ2) is 5.22. The van der Waals surface area contributed by atoms with Gasteiger partial charge in [0.15, 0.2) is 0 Å². The largest absolute Gasteiger partial charge is 0.459 e. The topological polar surface area (TPSA) is 26.3 Å². The third kappa shape index (κ3) is 3.44. The molecule has 73 valence electrons. The van der Waals surface area contributed by atoms with Crippen LogP contribution >= 0.6 is 0 Å². The van der Waals surface area contributed by atoms with Crippen LogP contribution in [0.5, 0.6) is 0 Å². The van der Waals surface area contributed by atoms with E-state index in [0.717, 1.165) is 5.56 Å². The maximum atomic E-state index is 10.9. The first kappa shape index (κ1) is 10.5. The Labute approximate surface area is 84.2 Å². The van der Waals surface area contributed by atoms with Crippen LogP contribution in [0, 0.1) is 6.07 Å². The van der Waals surface area contributed by atoms with Crippen LogP contribution in [0.15, 0.2) is 36.9 Å². The number of benzene rings is 1. The van der Waals surface area contributed by atoms with Gasteiger partial charge in [-0.25, -0.2) is 4.79 Å². The standard InChI is InChI=1S/C12H13O2/c1-3-12(13)14-10(2)9-11-7-5-4-6-8-11/h3,5-8,10H,1,9H2,2H3. The molecule has 0 saturated carbocycles. The summed E-state index contributed by atoms with van der Waals surface area (Å²) in [7, 11) is 0. The van der Waals surface area contributed by atoms with E-state index >= 15 is 0 Å². The van der Waals surface area contributed by atoms with Crippen LogP contribution in [0.4, 0.5) is 0 Å². The first-order chi connectivity index (χ1) is 6.72. The summed E-state index contributed by atoms with van der Waals surface area (Å²) >= 11 is 0. The van der Waals surface area contributed by atoms with E-state index in [4.69, 9.17) is 4.74 Å². The lowest BCUT2D eigenvalue weighted by Crippen LogP contribution is -2.15. The zero-order valence-electron chi connectivity index (χ0n) is 8.19. The number of esters is 1. The summed E-state index contributed by atoms with van der Waals surface area (Å²) in [4.78, 5) is 10.9. The van der Waals surface area contributed by atoms with Crippen molar-refractivity contribution in [1.82, 2.24) is 0 Å². The van der Waals surface area contributed by atoms with E-state index in [2.05, 4.69) is 12.6 Å². The highest BCUT2D eigenvalue weighted by atomic mass is 16.5. The van der Waals surface area contributed by atoms with Crippen LogP contribution < -0.4 is 0 Å². The van der Waals surface area contributed by atoms with Crippen LogP contribution in [0.1, 0.15) is 12.5 Å². The molecule has 14 heavy (non-hydrogen) atoms. The van der Waals surface area contributed by atoms with Crippen molar-refractivity contribution in [1.29, 1.82) is 0 Å². The molecule has 0 aliphatic carbocycles. The summed E-state index contributed by atoms with van der Waals surface area (Å²) in [6, 6.07) is 10.5. The quantitative estimate of drug-likeness (QED) is 0.536. The van der Waals surface area contributed by atoms with Crippen molar-refractivity contribution in [3.63, 3.8) is 0 Å². The van der Waals surface area contributed by atoms with Gasteiger partial charge in [0.1, 0.15) is 6.10 Å². The van der Waals surface area contributed by atoms with Crippen molar-refractivity contribution in [2.24, 2.45) is 0 Å². The van der Waals surface area contributed by atoms with Crippen LogP contribution in [0.3, 0.4) is 0 Å². The maximum Gasteiger partial charge on any atom is 0.330 e. The Hall–Kier alpha value is -1.57. The average molecular weight is 189 g/mol. The third-order valence-electron chi connectivity index (χ3n) is 1.79. The van der Waals surface area contributed by atoms with Gasteiger partial charge in [-0.1, -0.05) is 30.8 Å². The summed E-state index contributed by atoms with van der Waals surface area (Å²) in [5.74, 6) is -0.375. The number of hydrogen-bond acceptors (Lipinski definition) is 2. The highest BCUT2D eigenvalue weighted by molar-refractivity contribution is 5.81. The number of ether oxygens (including phenoxy) is 1. The van der Waals surface area contributed by atoms with Crippen LogP contribution in [0.2, 0.25) is 0 Å². The highest BCUT2D eigenvalue weighted by Crippen LogP contribution is 2.05. The number of rotatable bonds is 4. The SMILES string of the molecule is C=CC(=O)OC(C)Cc1cc[c]cc1. The lowest BCUT2D eigenvalue weighted by atomic mass is 10.1. The molecule has 0 saturated heterocycles. The van der Waals surface area contributed by atoms with Crippen LogP contribution in [0.25, 0.3) is 0 Å². The molecule has 2 heteroatoms. The molecular weight excluding hydrogens is 176 g/mol. The van der Waals surface area contributed by atoms with E-state index in [1.807, 2.05) is 31.2 Å². The Bertz CT molecular complexity index is 303. The summed E-state index contributed by atoms with van der Waals surface area (Å²) in [6.45, 7) is 5.20. The fraction of sp³-hybridized carbons (Fsp3) is 0.250. The summed E-state index contributed by atoms with van der Waals surface area (Å²) in [5.41, 5.74) is 1.13. The molecule has 1 aromatic carbocycles. The Morgan fingerprint density at radius 1 is 1.64 bits per heavy atom. The van der Waals surface area contributed by atoms with Gasteiger partial charge in [-0.2, -0.15) is 0 Å². The van der Waals surface area contributed by atoms with E-state index in [1.165, 1.54) is 6.08 Å². The number of carbonyl (C=O) groups is 1. The molecule has 1 aromatic rings. The molecule has 0 aliphatic rings. The summed E-state index contributed by atoms with van der Waals surface area (Å²) in [5, 5.41) is 0. The molecule has 0 spiro atoms. The Morgan fingerprint density at radius 2 is 2.29 bits per heavy atom. The second-order valence-electron chi connectivity index (χ2n) is 3.06. The first-order valence-corrected chi connectivity index (χ1v) is 4.50. The number of carbonyl (C=O) groups excluding carboxylic acids is 1. The second-order valence-corrected chi connectivity index (χ2v) is 3.06. The average Bonchev–Trinajstić information content (AvgIpc) is 2.19. The molecule has 1 rings (SSSR count). The first-order valence-electron chi connectivity index (χ1n) is 4.50. The van der Waals surface area contributed by atoms with Gasteiger partial charge in [0, 0.05) is 12.5 Å². The van der Waals surface area contributed by atoms with E-state index in [9.17, 15) is 4.79 Å². The molecule has 0 aromatic heterocycles. The fourth-order valence-electron chi connectivity index (χ4n) is 1.18.